The number of sulfone groups is 1. The highest BCUT2D eigenvalue weighted by molar-refractivity contribution is 7.92. The van der Waals surface area contributed by atoms with E-state index in [0.29, 0.717) is 28.8 Å². The van der Waals surface area contributed by atoms with Crippen molar-refractivity contribution in [3.05, 3.63) is 58.9 Å². The highest BCUT2D eigenvalue weighted by Gasteiger charge is 2.24. The third-order valence-corrected chi connectivity index (χ3v) is 7.64. The first-order valence-electron chi connectivity index (χ1n) is 8.95. The SMILES string of the molecule is CCc1c(CS(=O)(=O)c2ccc(F)cc2C(C)C)cccc1N(C)S(C)(=O)=O. The molecule has 0 aliphatic rings. The molecule has 2 aromatic rings. The number of halogens is 1. The van der Waals surface area contributed by atoms with Crippen molar-refractivity contribution in [1.29, 1.82) is 0 Å². The molecule has 0 aliphatic carbocycles. The van der Waals surface area contributed by atoms with Crippen LogP contribution in [0.4, 0.5) is 10.1 Å². The molecule has 0 atom stereocenters. The Balaban J connectivity index is 2.57. The van der Waals surface area contributed by atoms with Crippen LogP contribution in [0.1, 0.15) is 43.4 Å². The van der Waals surface area contributed by atoms with Gasteiger partial charge in [0.05, 0.1) is 22.6 Å². The van der Waals surface area contributed by atoms with Gasteiger partial charge in [-0.05, 0) is 53.3 Å². The van der Waals surface area contributed by atoms with Crippen LogP contribution in [-0.2, 0) is 32.0 Å². The number of anilines is 1. The predicted molar refractivity (Wildman–Crippen MR) is 110 cm³/mol. The van der Waals surface area contributed by atoms with Crippen molar-refractivity contribution in [3.63, 3.8) is 0 Å². The number of benzene rings is 2. The molecule has 5 nitrogen and oxygen atoms in total. The fraction of sp³-hybridized carbons (Fsp3) is 0.400. The lowest BCUT2D eigenvalue weighted by Crippen LogP contribution is -2.26. The van der Waals surface area contributed by atoms with Crippen LogP contribution in [0.5, 0.6) is 0 Å². The Morgan fingerprint density at radius 1 is 1.07 bits per heavy atom. The second-order valence-electron chi connectivity index (χ2n) is 7.09. The molecule has 0 bridgehead atoms. The molecule has 0 N–H and O–H groups in total. The van der Waals surface area contributed by atoms with Crippen LogP contribution in [0.15, 0.2) is 41.3 Å². The quantitative estimate of drug-likeness (QED) is 0.629. The minimum atomic E-state index is -3.75. The van der Waals surface area contributed by atoms with Gasteiger partial charge < -0.3 is 0 Å². The number of rotatable bonds is 7. The maximum atomic E-state index is 13.6. The van der Waals surface area contributed by atoms with E-state index in [2.05, 4.69) is 0 Å². The first-order chi connectivity index (χ1) is 12.9. The van der Waals surface area contributed by atoms with Crippen LogP contribution in [0.2, 0.25) is 0 Å². The largest absolute Gasteiger partial charge is 0.273 e. The van der Waals surface area contributed by atoms with Gasteiger partial charge in [0.15, 0.2) is 9.84 Å². The molecule has 0 spiro atoms. The van der Waals surface area contributed by atoms with Crippen LogP contribution in [-0.4, -0.2) is 30.1 Å². The second kappa shape index (κ2) is 8.21. The highest BCUT2D eigenvalue weighted by atomic mass is 32.2. The molecular formula is C20H26FNO4S2. The minimum absolute atomic E-state index is 0.104. The molecule has 0 heterocycles. The molecule has 154 valence electrons. The van der Waals surface area contributed by atoms with Gasteiger partial charge in [0.1, 0.15) is 5.82 Å². The van der Waals surface area contributed by atoms with Gasteiger partial charge in [-0.1, -0.05) is 32.9 Å². The molecule has 0 fully saturated rings. The van der Waals surface area contributed by atoms with Gasteiger partial charge in [0.25, 0.3) is 0 Å². The third-order valence-electron chi connectivity index (χ3n) is 4.71. The van der Waals surface area contributed by atoms with Gasteiger partial charge in [-0.3, -0.25) is 4.31 Å². The van der Waals surface area contributed by atoms with E-state index in [9.17, 15) is 21.2 Å². The Morgan fingerprint density at radius 2 is 1.71 bits per heavy atom. The van der Waals surface area contributed by atoms with Crippen LogP contribution >= 0.6 is 0 Å². The van der Waals surface area contributed by atoms with Gasteiger partial charge in [-0.2, -0.15) is 0 Å². The average molecular weight is 428 g/mol. The lowest BCUT2D eigenvalue weighted by molar-refractivity contribution is 0.589. The maximum Gasteiger partial charge on any atom is 0.232 e. The molecule has 2 aromatic carbocycles. The summed E-state index contributed by atoms with van der Waals surface area (Å²) < 4.78 is 64.9. The van der Waals surface area contributed by atoms with Crippen molar-refractivity contribution >= 4 is 25.5 Å². The fourth-order valence-electron chi connectivity index (χ4n) is 3.17. The summed E-state index contributed by atoms with van der Waals surface area (Å²) in [6.07, 6.45) is 1.57. The zero-order chi connectivity index (χ0) is 21.3. The summed E-state index contributed by atoms with van der Waals surface area (Å²) in [6, 6.07) is 8.70. The minimum Gasteiger partial charge on any atom is -0.273 e. The van der Waals surface area contributed by atoms with Crippen molar-refractivity contribution < 1.29 is 21.2 Å². The molecule has 0 radical (unpaired) electrons. The smallest absolute Gasteiger partial charge is 0.232 e. The Labute approximate surface area is 167 Å². The van der Waals surface area contributed by atoms with Crippen molar-refractivity contribution in [1.82, 2.24) is 0 Å². The summed E-state index contributed by atoms with van der Waals surface area (Å²) in [6.45, 7) is 5.47. The van der Waals surface area contributed by atoms with E-state index in [-0.39, 0.29) is 16.6 Å². The highest BCUT2D eigenvalue weighted by Crippen LogP contribution is 2.31. The zero-order valence-corrected chi connectivity index (χ0v) is 18.4. The van der Waals surface area contributed by atoms with Crippen LogP contribution in [0.3, 0.4) is 0 Å². The summed E-state index contributed by atoms with van der Waals surface area (Å²) in [5.74, 6) is -0.921. The standard InChI is InChI=1S/C20H26FNO4S2/c1-6-17-15(8-7-9-19(17)22(4)27(5,23)24)13-28(25,26)20-11-10-16(21)12-18(20)14(2)3/h7-12,14H,6,13H2,1-5H3. The lowest BCUT2D eigenvalue weighted by Gasteiger charge is -2.22. The zero-order valence-electron chi connectivity index (χ0n) is 16.7. The van der Waals surface area contributed by atoms with E-state index >= 15 is 0 Å². The molecular weight excluding hydrogens is 401 g/mol. The topological polar surface area (TPSA) is 71.5 Å². The molecule has 28 heavy (non-hydrogen) atoms. The summed E-state index contributed by atoms with van der Waals surface area (Å²) >= 11 is 0. The van der Waals surface area contributed by atoms with Crippen molar-refractivity contribution in [2.45, 2.75) is 43.8 Å². The predicted octanol–water partition coefficient (Wildman–Crippen LogP) is 3.88. The van der Waals surface area contributed by atoms with E-state index in [1.54, 1.807) is 18.2 Å². The number of nitrogens with zero attached hydrogens (tertiary/aromatic N) is 1. The number of hydrogen-bond donors (Lipinski definition) is 0. The molecule has 0 saturated carbocycles. The molecule has 0 unspecified atom stereocenters. The van der Waals surface area contributed by atoms with E-state index in [1.165, 1.54) is 19.2 Å². The normalized spacial score (nSPS) is 12.4. The van der Waals surface area contributed by atoms with Gasteiger partial charge in [0.2, 0.25) is 10.0 Å². The van der Waals surface area contributed by atoms with Gasteiger partial charge in [-0.15, -0.1) is 0 Å². The van der Waals surface area contributed by atoms with Gasteiger partial charge in [-0.25, -0.2) is 21.2 Å². The molecule has 0 aromatic heterocycles. The third kappa shape index (κ3) is 4.72. The van der Waals surface area contributed by atoms with E-state index in [1.807, 2.05) is 20.8 Å². The molecule has 0 aliphatic heterocycles. The van der Waals surface area contributed by atoms with Crippen LogP contribution in [0.25, 0.3) is 0 Å². The summed E-state index contributed by atoms with van der Waals surface area (Å²) in [5, 5.41) is 0. The number of hydrogen-bond acceptors (Lipinski definition) is 4. The summed E-state index contributed by atoms with van der Waals surface area (Å²) in [7, 11) is -5.79. The maximum absolute atomic E-state index is 13.6. The van der Waals surface area contributed by atoms with Crippen LogP contribution in [0, 0.1) is 5.82 Å². The Morgan fingerprint density at radius 3 is 2.25 bits per heavy atom. The Hall–Kier alpha value is -1.93. The Kier molecular flexibility index (Phi) is 6.55. The average Bonchev–Trinajstić information content (AvgIpc) is 2.59. The van der Waals surface area contributed by atoms with Crippen molar-refractivity contribution in [2.75, 3.05) is 17.6 Å². The van der Waals surface area contributed by atoms with Gasteiger partial charge in [0, 0.05) is 7.05 Å². The van der Waals surface area contributed by atoms with Gasteiger partial charge >= 0.3 is 0 Å². The lowest BCUT2D eigenvalue weighted by atomic mass is 10.0. The molecule has 2 rings (SSSR count). The van der Waals surface area contributed by atoms with E-state index in [0.717, 1.165) is 16.6 Å². The van der Waals surface area contributed by atoms with Crippen molar-refractivity contribution in [2.24, 2.45) is 0 Å². The fourth-order valence-corrected chi connectivity index (χ4v) is 5.47. The molecule has 0 saturated heterocycles. The van der Waals surface area contributed by atoms with Crippen LogP contribution < -0.4 is 4.31 Å². The Bertz CT molecular complexity index is 1080. The summed E-state index contributed by atoms with van der Waals surface area (Å²) in [5.41, 5.74) is 2.09. The molecule has 0 amide bonds. The molecule has 8 heteroatoms. The number of sulfonamides is 1. The monoisotopic (exact) mass is 427 g/mol. The summed E-state index contributed by atoms with van der Waals surface area (Å²) in [4.78, 5) is 0.104. The van der Waals surface area contributed by atoms with Crippen molar-refractivity contribution in [3.8, 4) is 0 Å². The first kappa shape index (κ1) is 22.4. The van der Waals surface area contributed by atoms with E-state index < -0.39 is 25.7 Å². The van der Waals surface area contributed by atoms with E-state index in [4.69, 9.17) is 0 Å². The second-order valence-corrected chi connectivity index (χ2v) is 11.1. The first-order valence-corrected chi connectivity index (χ1v) is 12.5.